The lowest BCUT2D eigenvalue weighted by Crippen LogP contribution is -2.34. The number of alkyl carbamates (subject to hydrolysis) is 1. The van der Waals surface area contributed by atoms with E-state index in [0.717, 1.165) is 13.1 Å². The van der Waals surface area contributed by atoms with Crippen LogP contribution in [0.4, 0.5) is 4.79 Å². The molecule has 2 heterocycles. The van der Waals surface area contributed by atoms with E-state index >= 15 is 0 Å². The molecule has 2 aliphatic rings. The molecular weight excluding hydrogens is 156 g/mol. The Hall–Kier alpha value is -0.770. The Morgan fingerprint density at radius 3 is 2.92 bits per heavy atom. The molecule has 2 aliphatic heterocycles. The van der Waals surface area contributed by atoms with Crippen LogP contribution in [-0.2, 0) is 4.74 Å². The first-order valence-electron chi connectivity index (χ1n) is 4.40. The number of fused-ring (bicyclic) bond motifs is 2. The van der Waals surface area contributed by atoms with E-state index < -0.39 is 0 Å². The van der Waals surface area contributed by atoms with Gasteiger partial charge in [0.15, 0.2) is 0 Å². The van der Waals surface area contributed by atoms with Gasteiger partial charge in [0.05, 0.1) is 0 Å². The minimum absolute atomic E-state index is 0.138. The number of carbonyl (C=O) groups is 1. The Balaban J connectivity index is 1.86. The van der Waals surface area contributed by atoms with Gasteiger partial charge in [0, 0.05) is 26.1 Å². The standard InChI is InChI=1S/C8H14N2O2/c1-9-8(11)12-7-5-10-3-2-6(7)4-10/h6-7H,2-5H2,1H3,(H,9,11)/t6?,7-/m0/s1. The highest BCUT2D eigenvalue weighted by Crippen LogP contribution is 2.29. The Bertz CT molecular complexity index is 195. The summed E-state index contributed by atoms with van der Waals surface area (Å²) < 4.78 is 5.20. The maximum Gasteiger partial charge on any atom is 0.407 e. The Morgan fingerprint density at radius 2 is 2.42 bits per heavy atom. The summed E-state index contributed by atoms with van der Waals surface area (Å²) in [5.41, 5.74) is 0. The number of nitrogens with zero attached hydrogens (tertiary/aromatic N) is 1. The molecule has 0 aromatic heterocycles. The number of carbonyl (C=O) groups excluding carboxylic acids is 1. The third-order valence-corrected chi connectivity index (χ3v) is 2.74. The average molecular weight is 170 g/mol. The van der Waals surface area contributed by atoms with Crippen LogP contribution in [0.25, 0.3) is 0 Å². The predicted molar refractivity (Wildman–Crippen MR) is 43.9 cm³/mol. The quantitative estimate of drug-likeness (QED) is 0.604. The van der Waals surface area contributed by atoms with Crippen LogP contribution in [0.15, 0.2) is 0 Å². The predicted octanol–water partition coefficient (Wildman–Crippen LogP) is 0.0465. The SMILES string of the molecule is CNC(=O)O[C@H]1CN2CCC1C2. The number of rotatable bonds is 1. The summed E-state index contributed by atoms with van der Waals surface area (Å²) in [4.78, 5) is 13.2. The molecule has 1 N–H and O–H groups in total. The maximum absolute atomic E-state index is 10.9. The zero-order valence-corrected chi connectivity index (χ0v) is 7.25. The summed E-state index contributed by atoms with van der Waals surface area (Å²) in [6, 6.07) is 0. The molecule has 2 fully saturated rings. The van der Waals surface area contributed by atoms with Crippen LogP contribution in [0.5, 0.6) is 0 Å². The summed E-state index contributed by atoms with van der Waals surface area (Å²) >= 11 is 0. The van der Waals surface area contributed by atoms with Gasteiger partial charge in [0.25, 0.3) is 0 Å². The average Bonchev–Trinajstić information content (AvgIpc) is 2.64. The molecule has 2 rings (SSSR count). The second-order valence-corrected chi connectivity index (χ2v) is 3.50. The third kappa shape index (κ3) is 1.27. The van der Waals surface area contributed by atoms with Crippen LogP contribution in [0, 0.1) is 5.92 Å². The molecule has 0 radical (unpaired) electrons. The van der Waals surface area contributed by atoms with E-state index in [1.807, 2.05) is 0 Å². The molecule has 4 heteroatoms. The number of nitrogens with one attached hydrogen (secondary N) is 1. The van der Waals surface area contributed by atoms with Crippen LogP contribution < -0.4 is 5.32 Å². The monoisotopic (exact) mass is 170 g/mol. The molecule has 2 unspecified atom stereocenters. The summed E-state index contributed by atoms with van der Waals surface area (Å²) in [6.07, 6.45) is 1.02. The lowest BCUT2D eigenvalue weighted by molar-refractivity contribution is 0.0702. The molecule has 0 spiro atoms. The zero-order valence-electron chi connectivity index (χ0n) is 7.25. The molecule has 0 saturated carbocycles. The number of piperidine rings is 1. The van der Waals surface area contributed by atoms with E-state index in [0.29, 0.717) is 5.92 Å². The fourth-order valence-corrected chi connectivity index (χ4v) is 2.07. The van der Waals surface area contributed by atoms with Crippen molar-refractivity contribution in [2.45, 2.75) is 12.5 Å². The van der Waals surface area contributed by atoms with Gasteiger partial charge >= 0.3 is 6.09 Å². The highest BCUT2D eigenvalue weighted by Gasteiger charge is 2.40. The van der Waals surface area contributed by atoms with Gasteiger partial charge in [-0.15, -0.1) is 0 Å². The summed E-state index contributed by atoms with van der Waals surface area (Å²) in [7, 11) is 1.59. The lowest BCUT2D eigenvalue weighted by Gasteiger charge is -2.21. The molecule has 2 bridgehead atoms. The van der Waals surface area contributed by atoms with Crippen molar-refractivity contribution in [3.8, 4) is 0 Å². The normalized spacial score (nSPS) is 38.2. The van der Waals surface area contributed by atoms with E-state index in [1.165, 1.54) is 13.0 Å². The lowest BCUT2D eigenvalue weighted by atomic mass is 10.0. The molecule has 0 aromatic rings. The first-order valence-corrected chi connectivity index (χ1v) is 4.40. The summed E-state index contributed by atoms with van der Waals surface area (Å²) in [6.45, 7) is 3.22. The minimum Gasteiger partial charge on any atom is -0.445 e. The number of hydrogen-bond donors (Lipinski definition) is 1. The van der Waals surface area contributed by atoms with Gasteiger partial charge in [0.1, 0.15) is 6.10 Å². The van der Waals surface area contributed by atoms with Crippen molar-refractivity contribution in [2.75, 3.05) is 26.7 Å². The fourth-order valence-electron chi connectivity index (χ4n) is 2.07. The number of hydrogen-bond acceptors (Lipinski definition) is 3. The summed E-state index contributed by atoms with van der Waals surface area (Å²) in [5.74, 6) is 0.585. The van der Waals surface area contributed by atoms with E-state index in [4.69, 9.17) is 4.74 Å². The van der Waals surface area contributed by atoms with Crippen molar-refractivity contribution in [1.29, 1.82) is 0 Å². The van der Waals surface area contributed by atoms with E-state index in [9.17, 15) is 4.79 Å². The minimum atomic E-state index is -0.297. The molecule has 0 aliphatic carbocycles. The molecule has 68 valence electrons. The molecule has 12 heavy (non-hydrogen) atoms. The Kier molecular flexibility index (Phi) is 1.92. The maximum atomic E-state index is 10.9. The number of amides is 1. The van der Waals surface area contributed by atoms with Gasteiger partial charge in [0.2, 0.25) is 0 Å². The Morgan fingerprint density at radius 1 is 1.58 bits per heavy atom. The molecule has 2 saturated heterocycles. The van der Waals surface area contributed by atoms with E-state index in [-0.39, 0.29) is 12.2 Å². The number of ether oxygens (including phenoxy) is 1. The molecule has 3 atom stereocenters. The zero-order chi connectivity index (χ0) is 8.55. The van der Waals surface area contributed by atoms with Crippen molar-refractivity contribution < 1.29 is 9.53 Å². The van der Waals surface area contributed by atoms with Crippen molar-refractivity contribution in [1.82, 2.24) is 10.2 Å². The van der Waals surface area contributed by atoms with Crippen LogP contribution in [0.2, 0.25) is 0 Å². The van der Waals surface area contributed by atoms with Gasteiger partial charge in [-0.25, -0.2) is 4.79 Å². The molecule has 4 nitrogen and oxygen atoms in total. The van der Waals surface area contributed by atoms with E-state index in [2.05, 4.69) is 10.2 Å². The highest BCUT2D eigenvalue weighted by molar-refractivity contribution is 5.66. The van der Waals surface area contributed by atoms with Crippen molar-refractivity contribution >= 4 is 6.09 Å². The van der Waals surface area contributed by atoms with Gasteiger partial charge in [-0.05, 0) is 13.0 Å². The molecular formula is C8H14N2O2. The fraction of sp³-hybridized carbons (Fsp3) is 0.875. The summed E-state index contributed by atoms with van der Waals surface area (Å²) in [5, 5.41) is 2.47. The van der Waals surface area contributed by atoms with Crippen LogP contribution in [0.3, 0.4) is 0 Å². The molecule has 1 amide bonds. The van der Waals surface area contributed by atoms with Crippen LogP contribution in [0.1, 0.15) is 6.42 Å². The van der Waals surface area contributed by atoms with Crippen LogP contribution >= 0.6 is 0 Å². The largest absolute Gasteiger partial charge is 0.445 e. The second kappa shape index (κ2) is 2.94. The first kappa shape index (κ1) is 7.86. The van der Waals surface area contributed by atoms with Crippen molar-refractivity contribution in [3.63, 3.8) is 0 Å². The third-order valence-electron chi connectivity index (χ3n) is 2.74. The van der Waals surface area contributed by atoms with Crippen molar-refractivity contribution in [3.05, 3.63) is 0 Å². The topological polar surface area (TPSA) is 41.6 Å². The van der Waals surface area contributed by atoms with Gasteiger partial charge < -0.3 is 10.1 Å². The van der Waals surface area contributed by atoms with Gasteiger partial charge in [-0.3, -0.25) is 4.90 Å². The second-order valence-electron chi connectivity index (χ2n) is 3.50. The first-order chi connectivity index (χ1) is 5.79. The van der Waals surface area contributed by atoms with Crippen LogP contribution in [-0.4, -0.2) is 43.8 Å². The molecule has 0 aromatic carbocycles. The van der Waals surface area contributed by atoms with Gasteiger partial charge in [-0.1, -0.05) is 0 Å². The van der Waals surface area contributed by atoms with Gasteiger partial charge in [-0.2, -0.15) is 0 Å². The van der Waals surface area contributed by atoms with E-state index in [1.54, 1.807) is 7.05 Å². The highest BCUT2D eigenvalue weighted by atomic mass is 16.6. The van der Waals surface area contributed by atoms with Crippen molar-refractivity contribution in [2.24, 2.45) is 5.92 Å². The Labute approximate surface area is 71.9 Å². The smallest absolute Gasteiger partial charge is 0.407 e.